The minimum atomic E-state index is 0.219. The molecule has 1 saturated carbocycles. The highest BCUT2D eigenvalue weighted by Crippen LogP contribution is 2.27. The van der Waals surface area contributed by atoms with Gasteiger partial charge in [0.25, 0.3) is 0 Å². The number of hydrogen-bond donors (Lipinski definition) is 4. The first-order chi connectivity index (χ1) is 8.72. The molecule has 0 bridgehead atoms. The lowest BCUT2D eigenvalue weighted by atomic mass is 9.85. The van der Waals surface area contributed by atoms with Crippen LogP contribution in [0.3, 0.4) is 0 Å². The van der Waals surface area contributed by atoms with E-state index in [0.29, 0.717) is 11.7 Å². The number of nitrogens with one attached hydrogen (secondary N) is 2. The quantitative estimate of drug-likeness (QED) is 0.639. The number of nitrogens with two attached hydrogens (primary N) is 1. The van der Waals surface area contributed by atoms with Crippen molar-refractivity contribution in [1.82, 2.24) is 9.97 Å². The third-order valence-electron chi connectivity index (χ3n) is 3.48. The topological polar surface area (TPSA) is 96.1 Å². The number of aromatic nitrogens is 2. The Morgan fingerprint density at radius 1 is 1.33 bits per heavy atom. The van der Waals surface area contributed by atoms with Crippen LogP contribution in [0.4, 0.5) is 17.6 Å². The monoisotopic (exact) mass is 251 g/mol. The molecule has 0 amide bonds. The van der Waals surface area contributed by atoms with Gasteiger partial charge in [0.05, 0.1) is 0 Å². The smallest absolute Gasteiger partial charge is 0.223 e. The van der Waals surface area contributed by atoms with E-state index in [9.17, 15) is 5.11 Å². The number of hydrogen-bond acceptors (Lipinski definition) is 6. The van der Waals surface area contributed by atoms with Gasteiger partial charge in [0, 0.05) is 31.7 Å². The lowest BCUT2D eigenvalue weighted by Crippen LogP contribution is -2.34. The molecule has 6 nitrogen and oxygen atoms in total. The van der Waals surface area contributed by atoms with E-state index in [1.807, 2.05) is 6.07 Å². The van der Waals surface area contributed by atoms with Gasteiger partial charge >= 0.3 is 0 Å². The standard InChI is InChI=1S/C12H21N5O/c1-14-10-6-11(17-12(13)16-10)15-9-5-3-2-4-8(9)7-18/h6,8-9,18H,2-5,7H2,1H3,(H4,13,14,15,16,17). The minimum absolute atomic E-state index is 0.219. The number of rotatable bonds is 4. The number of nitrogens with zero attached hydrogens (tertiary/aromatic N) is 2. The lowest BCUT2D eigenvalue weighted by molar-refractivity contribution is 0.178. The van der Waals surface area contributed by atoms with Crippen molar-refractivity contribution in [3.63, 3.8) is 0 Å². The summed E-state index contributed by atoms with van der Waals surface area (Å²) >= 11 is 0. The van der Waals surface area contributed by atoms with Gasteiger partial charge < -0.3 is 21.5 Å². The minimum Gasteiger partial charge on any atom is -0.396 e. The Morgan fingerprint density at radius 2 is 2.06 bits per heavy atom. The van der Waals surface area contributed by atoms with Crippen LogP contribution >= 0.6 is 0 Å². The van der Waals surface area contributed by atoms with Gasteiger partial charge in [-0.3, -0.25) is 0 Å². The van der Waals surface area contributed by atoms with Gasteiger partial charge in [-0.05, 0) is 12.8 Å². The molecule has 6 heteroatoms. The molecule has 1 heterocycles. The van der Waals surface area contributed by atoms with E-state index >= 15 is 0 Å². The molecule has 0 spiro atoms. The second-order valence-electron chi connectivity index (χ2n) is 4.72. The number of aliphatic hydroxyl groups is 1. The zero-order valence-electron chi connectivity index (χ0n) is 10.7. The van der Waals surface area contributed by atoms with Gasteiger partial charge in [-0.25, -0.2) is 0 Å². The van der Waals surface area contributed by atoms with Crippen LogP contribution in [-0.4, -0.2) is 34.8 Å². The van der Waals surface area contributed by atoms with Crippen LogP contribution in [-0.2, 0) is 0 Å². The predicted octanol–water partition coefficient (Wildman–Crippen LogP) is 1.06. The molecule has 1 aliphatic carbocycles. The third-order valence-corrected chi connectivity index (χ3v) is 3.48. The Hall–Kier alpha value is -1.56. The van der Waals surface area contributed by atoms with Crippen molar-refractivity contribution in [2.45, 2.75) is 31.7 Å². The third kappa shape index (κ3) is 3.01. The number of aliphatic hydroxyl groups excluding tert-OH is 1. The summed E-state index contributed by atoms with van der Waals surface area (Å²) in [5.74, 6) is 1.97. The molecular formula is C12H21N5O. The largest absolute Gasteiger partial charge is 0.396 e. The first-order valence-electron chi connectivity index (χ1n) is 6.42. The number of nitrogen functional groups attached to an aromatic ring is 1. The highest BCUT2D eigenvalue weighted by molar-refractivity contribution is 5.51. The van der Waals surface area contributed by atoms with E-state index in [2.05, 4.69) is 20.6 Å². The van der Waals surface area contributed by atoms with Crippen LogP contribution < -0.4 is 16.4 Å². The van der Waals surface area contributed by atoms with E-state index in [1.54, 1.807) is 7.05 Å². The summed E-state index contributed by atoms with van der Waals surface area (Å²) in [5.41, 5.74) is 5.66. The highest BCUT2D eigenvalue weighted by atomic mass is 16.3. The Labute approximate surface area is 107 Å². The second-order valence-corrected chi connectivity index (χ2v) is 4.72. The Bertz CT molecular complexity index is 398. The summed E-state index contributed by atoms with van der Waals surface area (Å²) in [7, 11) is 1.79. The van der Waals surface area contributed by atoms with E-state index in [-0.39, 0.29) is 18.6 Å². The van der Waals surface area contributed by atoms with Crippen LogP contribution in [0.2, 0.25) is 0 Å². The van der Waals surface area contributed by atoms with E-state index in [4.69, 9.17) is 5.73 Å². The van der Waals surface area contributed by atoms with Gasteiger partial charge in [-0.1, -0.05) is 12.8 Å². The first-order valence-corrected chi connectivity index (χ1v) is 6.42. The van der Waals surface area contributed by atoms with Crippen LogP contribution in [0.1, 0.15) is 25.7 Å². The van der Waals surface area contributed by atoms with E-state index in [0.717, 1.165) is 18.7 Å². The summed E-state index contributed by atoms with van der Waals surface area (Å²) in [6, 6.07) is 2.10. The Balaban J connectivity index is 2.09. The molecule has 0 saturated heterocycles. The molecule has 100 valence electrons. The van der Waals surface area contributed by atoms with Crippen molar-refractivity contribution >= 4 is 17.6 Å². The van der Waals surface area contributed by atoms with Crippen LogP contribution in [0.25, 0.3) is 0 Å². The Kier molecular flexibility index (Phi) is 4.19. The van der Waals surface area contributed by atoms with E-state index < -0.39 is 0 Å². The fourth-order valence-corrected chi connectivity index (χ4v) is 2.47. The highest BCUT2D eigenvalue weighted by Gasteiger charge is 2.24. The molecule has 18 heavy (non-hydrogen) atoms. The zero-order chi connectivity index (χ0) is 13.0. The fraction of sp³-hybridized carbons (Fsp3) is 0.667. The van der Waals surface area contributed by atoms with Gasteiger partial charge in [0.1, 0.15) is 11.6 Å². The van der Waals surface area contributed by atoms with Gasteiger partial charge in [0.15, 0.2) is 0 Å². The van der Waals surface area contributed by atoms with Gasteiger partial charge in [-0.2, -0.15) is 9.97 Å². The maximum atomic E-state index is 9.39. The summed E-state index contributed by atoms with van der Waals surface area (Å²) in [6.45, 7) is 0.219. The molecule has 0 aromatic carbocycles. The summed E-state index contributed by atoms with van der Waals surface area (Å²) in [4.78, 5) is 8.23. The fourth-order valence-electron chi connectivity index (χ4n) is 2.47. The van der Waals surface area contributed by atoms with Gasteiger partial charge in [0.2, 0.25) is 5.95 Å². The van der Waals surface area contributed by atoms with Crippen LogP contribution in [0, 0.1) is 5.92 Å². The molecule has 1 fully saturated rings. The molecule has 0 radical (unpaired) electrons. The maximum Gasteiger partial charge on any atom is 0.223 e. The van der Waals surface area contributed by atoms with Crippen molar-refractivity contribution < 1.29 is 5.11 Å². The van der Waals surface area contributed by atoms with E-state index in [1.165, 1.54) is 12.8 Å². The average molecular weight is 251 g/mol. The summed E-state index contributed by atoms with van der Waals surface area (Å²) in [5, 5.41) is 15.7. The summed E-state index contributed by atoms with van der Waals surface area (Å²) < 4.78 is 0. The second kappa shape index (κ2) is 5.86. The molecule has 1 aromatic heterocycles. The first kappa shape index (κ1) is 12.9. The Morgan fingerprint density at radius 3 is 2.78 bits per heavy atom. The molecule has 2 rings (SSSR count). The van der Waals surface area contributed by atoms with Crippen molar-refractivity contribution in [2.24, 2.45) is 5.92 Å². The zero-order valence-corrected chi connectivity index (χ0v) is 10.7. The SMILES string of the molecule is CNc1cc(NC2CCCCC2CO)nc(N)n1. The number of anilines is 3. The van der Waals surface area contributed by atoms with Gasteiger partial charge in [-0.15, -0.1) is 0 Å². The summed E-state index contributed by atoms with van der Waals surface area (Å²) in [6.07, 6.45) is 4.50. The molecule has 1 aliphatic rings. The van der Waals surface area contributed by atoms with Crippen LogP contribution in [0.5, 0.6) is 0 Å². The van der Waals surface area contributed by atoms with Crippen LogP contribution in [0.15, 0.2) is 6.07 Å². The molecule has 5 N–H and O–H groups in total. The molecular weight excluding hydrogens is 230 g/mol. The predicted molar refractivity (Wildman–Crippen MR) is 72.4 cm³/mol. The van der Waals surface area contributed by atoms with Crippen molar-refractivity contribution in [2.75, 3.05) is 30.0 Å². The lowest BCUT2D eigenvalue weighted by Gasteiger charge is -2.31. The molecule has 2 unspecified atom stereocenters. The normalized spacial score (nSPS) is 23.7. The molecule has 2 atom stereocenters. The van der Waals surface area contributed by atoms with Crippen molar-refractivity contribution in [3.8, 4) is 0 Å². The van der Waals surface area contributed by atoms with Crippen molar-refractivity contribution in [1.29, 1.82) is 0 Å². The average Bonchev–Trinajstić information content (AvgIpc) is 2.38. The molecule has 0 aliphatic heterocycles. The van der Waals surface area contributed by atoms with Crippen molar-refractivity contribution in [3.05, 3.63) is 6.07 Å². The molecule has 1 aromatic rings. The maximum absolute atomic E-state index is 9.39.